The first-order chi connectivity index (χ1) is 11.7. The quantitative estimate of drug-likeness (QED) is 0.776. The lowest BCUT2D eigenvalue weighted by Crippen LogP contribution is -2.35. The van der Waals surface area contributed by atoms with Gasteiger partial charge in [-0.15, -0.1) is 0 Å². The van der Waals surface area contributed by atoms with E-state index in [1.165, 1.54) is 0 Å². The van der Waals surface area contributed by atoms with Crippen molar-refractivity contribution in [2.75, 3.05) is 29.9 Å². The number of benzene rings is 1. The number of carbonyl (C=O) groups is 2. The number of hydrogen-bond donors (Lipinski definition) is 2. The van der Waals surface area contributed by atoms with Crippen molar-refractivity contribution < 1.29 is 9.59 Å². The van der Waals surface area contributed by atoms with Crippen LogP contribution in [-0.4, -0.2) is 41.4 Å². The molecule has 0 bridgehead atoms. The third kappa shape index (κ3) is 3.87. The van der Waals surface area contributed by atoms with Crippen LogP contribution in [0.3, 0.4) is 0 Å². The van der Waals surface area contributed by atoms with Crippen LogP contribution in [0.1, 0.15) is 6.42 Å². The van der Waals surface area contributed by atoms with Gasteiger partial charge in [0, 0.05) is 44.1 Å². The normalized spacial score (nSPS) is 16.9. The highest BCUT2D eigenvalue weighted by Gasteiger charge is 2.34. The van der Waals surface area contributed by atoms with Gasteiger partial charge in [-0.1, -0.05) is 18.2 Å². The number of amides is 2. The number of rotatable bonds is 6. The second-order valence-corrected chi connectivity index (χ2v) is 5.55. The maximum absolute atomic E-state index is 12.2. The molecule has 1 aromatic heterocycles. The van der Waals surface area contributed by atoms with Crippen molar-refractivity contribution in [2.45, 2.75) is 6.42 Å². The Bertz CT molecular complexity index is 693. The lowest BCUT2D eigenvalue weighted by atomic mass is 10.1. The van der Waals surface area contributed by atoms with Crippen molar-refractivity contribution in [3.8, 4) is 0 Å². The van der Waals surface area contributed by atoms with Gasteiger partial charge in [0.2, 0.25) is 11.8 Å². The van der Waals surface area contributed by atoms with Crippen LogP contribution in [0, 0.1) is 5.92 Å². The zero-order valence-corrected chi connectivity index (χ0v) is 13.2. The summed E-state index contributed by atoms with van der Waals surface area (Å²) >= 11 is 0. The summed E-state index contributed by atoms with van der Waals surface area (Å²) in [6.45, 7) is 1.44. The molecular weight excluding hydrogens is 306 g/mol. The van der Waals surface area contributed by atoms with Gasteiger partial charge in [0.15, 0.2) is 0 Å². The number of anilines is 2. The highest BCUT2D eigenvalue weighted by molar-refractivity contribution is 6.00. The maximum Gasteiger partial charge on any atom is 0.227 e. The molecule has 0 spiro atoms. The Hall–Kier alpha value is -2.96. The minimum absolute atomic E-state index is 0.0148. The first-order valence-electron chi connectivity index (χ1n) is 7.87. The van der Waals surface area contributed by atoms with E-state index in [1.54, 1.807) is 23.5 Å². The van der Waals surface area contributed by atoms with E-state index in [0.717, 1.165) is 5.69 Å². The van der Waals surface area contributed by atoms with Crippen LogP contribution in [0.15, 0.2) is 48.9 Å². The molecule has 24 heavy (non-hydrogen) atoms. The predicted octanol–water partition coefficient (Wildman–Crippen LogP) is 1.06. The maximum atomic E-state index is 12.2. The standard InChI is InChI=1S/C17H19N5O2/c23-16-10-13(12-22(16)14-4-2-1-3-5-14)17(24)21-9-8-20-15-11-18-6-7-19-15/h1-7,11,13H,8-10,12H2,(H,19,20)(H,21,24). The van der Waals surface area contributed by atoms with Gasteiger partial charge in [0.05, 0.1) is 12.1 Å². The largest absolute Gasteiger partial charge is 0.367 e. The van der Waals surface area contributed by atoms with Crippen molar-refractivity contribution in [1.82, 2.24) is 15.3 Å². The Morgan fingerprint density at radius 1 is 1.21 bits per heavy atom. The fraction of sp³-hybridized carbons (Fsp3) is 0.294. The molecule has 2 N–H and O–H groups in total. The topological polar surface area (TPSA) is 87.2 Å². The lowest BCUT2D eigenvalue weighted by molar-refractivity contribution is -0.126. The summed E-state index contributed by atoms with van der Waals surface area (Å²) in [6.07, 6.45) is 5.07. The van der Waals surface area contributed by atoms with Gasteiger partial charge in [-0.05, 0) is 12.1 Å². The third-order valence-electron chi connectivity index (χ3n) is 3.86. The summed E-state index contributed by atoms with van der Waals surface area (Å²) < 4.78 is 0. The van der Waals surface area contributed by atoms with E-state index in [0.29, 0.717) is 25.5 Å². The zero-order valence-electron chi connectivity index (χ0n) is 13.2. The smallest absolute Gasteiger partial charge is 0.227 e. The summed E-state index contributed by atoms with van der Waals surface area (Å²) in [5.74, 6) is 0.244. The van der Waals surface area contributed by atoms with E-state index in [-0.39, 0.29) is 24.2 Å². The molecule has 0 saturated carbocycles. The second kappa shape index (κ2) is 7.54. The van der Waals surface area contributed by atoms with Crippen LogP contribution >= 0.6 is 0 Å². The van der Waals surface area contributed by atoms with Gasteiger partial charge in [0.1, 0.15) is 5.82 Å². The van der Waals surface area contributed by atoms with Crippen LogP contribution in [0.5, 0.6) is 0 Å². The summed E-state index contributed by atoms with van der Waals surface area (Å²) in [5, 5.41) is 5.93. The van der Waals surface area contributed by atoms with Gasteiger partial charge in [-0.3, -0.25) is 14.6 Å². The van der Waals surface area contributed by atoms with Crippen LogP contribution in [-0.2, 0) is 9.59 Å². The van der Waals surface area contributed by atoms with Crippen molar-refractivity contribution in [2.24, 2.45) is 5.92 Å². The van der Waals surface area contributed by atoms with Crippen LogP contribution in [0.4, 0.5) is 11.5 Å². The first kappa shape index (κ1) is 15.9. The molecule has 2 aromatic rings. The fourth-order valence-corrected chi connectivity index (χ4v) is 2.65. The summed E-state index contributed by atoms with van der Waals surface area (Å²) in [6, 6.07) is 9.42. The number of hydrogen-bond acceptors (Lipinski definition) is 5. The molecule has 1 saturated heterocycles. The van der Waals surface area contributed by atoms with E-state index < -0.39 is 0 Å². The van der Waals surface area contributed by atoms with Crippen molar-refractivity contribution in [1.29, 1.82) is 0 Å². The van der Waals surface area contributed by atoms with Gasteiger partial charge >= 0.3 is 0 Å². The lowest BCUT2D eigenvalue weighted by Gasteiger charge is -2.16. The highest BCUT2D eigenvalue weighted by Crippen LogP contribution is 2.24. The molecule has 2 amide bonds. The molecule has 7 nitrogen and oxygen atoms in total. The van der Waals surface area contributed by atoms with E-state index in [1.807, 2.05) is 30.3 Å². The third-order valence-corrected chi connectivity index (χ3v) is 3.86. The van der Waals surface area contributed by atoms with Crippen LogP contribution < -0.4 is 15.5 Å². The molecule has 1 fully saturated rings. The molecule has 0 aliphatic carbocycles. The highest BCUT2D eigenvalue weighted by atomic mass is 16.2. The summed E-state index contributed by atoms with van der Waals surface area (Å²) in [5.41, 5.74) is 0.835. The van der Waals surface area contributed by atoms with E-state index in [4.69, 9.17) is 0 Å². The molecule has 0 radical (unpaired) electrons. The number of para-hydroxylation sites is 1. The Morgan fingerprint density at radius 2 is 2.04 bits per heavy atom. The number of nitrogens with one attached hydrogen (secondary N) is 2. The van der Waals surface area contributed by atoms with Crippen LogP contribution in [0.2, 0.25) is 0 Å². The average Bonchev–Trinajstić information content (AvgIpc) is 3.02. The monoisotopic (exact) mass is 325 g/mol. The van der Waals surface area contributed by atoms with Crippen molar-refractivity contribution >= 4 is 23.3 Å². The zero-order chi connectivity index (χ0) is 16.8. The number of aromatic nitrogens is 2. The molecule has 1 unspecified atom stereocenters. The summed E-state index contributed by atoms with van der Waals surface area (Å²) in [4.78, 5) is 34.1. The first-order valence-corrected chi connectivity index (χ1v) is 7.87. The number of carbonyl (C=O) groups excluding carboxylic acids is 2. The Morgan fingerprint density at radius 3 is 2.79 bits per heavy atom. The molecule has 2 heterocycles. The van der Waals surface area contributed by atoms with E-state index in [9.17, 15) is 9.59 Å². The number of nitrogens with zero attached hydrogens (tertiary/aromatic N) is 3. The van der Waals surface area contributed by atoms with E-state index in [2.05, 4.69) is 20.6 Å². The van der Waals surface area contributed by atoms with Gasteiger partial charge in [0.25, 0.3) is 0 Å². The van der Waals surface area contributed by atoms with Crippen molar-refractivity contribution in [3.05, 3.63) is 48.9 Å². The van der Waals surface area contributed by atoms with E-state index >= 15 is 0 Å². The molecular formula is C17H19N5O2. The Labute approximate surface area is 140 Å². The molecule has 1 aromatic carbocycles. The molecule has 7 heteroatoms. The second-order valence-electron chi connectivity index (χ2n) is 5.55. The molecule has 1 aliphatic heterocycles. The van der Waals surface area contributed by atoms with Gasteiger partial charge in [-0.2, -0.15) is 0 Å². The minimum atomic E-state index is -0.311. The molecule has 1 atom stereocenters. The van der Waals surface area contributed by atoms with Crippen molar-refractivity contribution in [3.63, 3.8) is 0 Å². The predicted molar refractivity (Wildman–Crippen MR) is 90.4 cm³/mol. The summed E-state index contributed by atoms with van der Waals surface area (Å²) in [7, 11) is 0. The van der Waals surface area contributed by atoms with Crippen LogP contribution in [0.25, 0.3) is 0 Å². The fourth-order valence-electron chi connectivity index (χ4n) is 2.65. The Balaban J connectivity index is 1.45. The average molecular weight is 325 g/mol. The molecule has 1 aliphatic rings. The van der Waals surface area contributed by atoms with Gasteiger partial charge in [-0.25, -0.2) is 4.98 Å². The molecule has 124 valence electrons. The minimum Gasteiger partial charge on any atom is -0.367 e. The van der Waals surface area contributed by atoms with Gasteiger partial charge < -0.3 is 15.5 Å². The molecule has 3 rings (SSSR count). The Kier molecular flexibility index (Phi) is 5.00. The SMILES string of the molecule is O=C(NCCNc1cnccn1)C1CC(=O)N(c2ccccc2)C1.